The number of anilines is 1. The third kappa shape index (κ3) is 4.54. The van der Waals surface area contributed by atoms with Gasteiger partial charge in [0.1, 0.15) is 18.0 Å². The Bertz CT molecular complexity index is 914. The highest BCUT2D eigenvalue weighted by Gasteiger charge is 2.35. The van der Waals surface area contributed by atoms with Gasteiger partial charge in [0.25, 0.3) is 5.91 Å². The molecule has 154 valence electrons. The summed E-state index contributed by atoms with van der Waals surface area (Å²) in [7, 11) is 1.60. The predicted molar refractivity (Wildman–Crippen MR) is 110 cm³/mol. The first-order valence-electron chi connectivity index (χ1n) is 9.55. The molecule has 2 atom stereocenters. The van der Waals surface area contributed by atoms with Crippen LogP contribution in [0.3, 0.4) is 0 Å². The molecular formula is C22H24ClNO5. The van der Waals surface area contributed by atoms with E-state index < -0.39 is 24.1 Å². The Balaban J connectivity index is 2.10. The summed E-state index contributed by atoms with van der Waals surface area (Å²) in [4.78, 5) is 24.8. The Kier molecular flexibility index (Phi) is 6.77. The second kappa shape index (κ2) is 9.29. The molecule has 2 aromatic rings. The predicted octanol–water partition coefficient (Wildman–Crippen LogP) is 4.29. The number of ether oxygens (including phenoxy) is 3. The van der Waals surface area contributed by atoms with Gasteiger partial charge in [0.15, 0.2) is 0 Å². The van der Waals surface area contributed by atoms with Gasteiger partial charge >= 0.3 is 5.97 Å². The van der Waals surface area contributed by atoms with E-state index in [0.29, 0.717) is 22.0 Å². The highest BCUT2D eigenvalue weighted by Crippen LogP contribution is 2.41. The molecule has 1 aliphatic rings. The number of benzene rings is 2. The van der Waals surface area contributed by atoms with Crippen LogP contribution in [0.25, 0.3) is 0 Å². The van der Waals surface area contributed by atoms with E-state index in [2.05, 4.69) is 5.32 Å². The van der Waals surface area contributed by atoms with E-state index in [1.54, 1.807) is 32.2 Å². The Hall–Kier alpha value is -2.57. The van der Waals surface area contributed by atoms with Crippen molar-refractivity contribution in [1.82, 2.24) is 0 Å². The fraction of sp³-hybridized carbons (Fsp3) is 0.364. The molecule has 0 radical (unpaired) electrons. The normalized spacial score (nSPS) is 18.4. The lowest BCUT2D eigenvalue weighted by molar-refractivity contribution is -0.150. The number of halogens is 1. The summed E-state index contributed by atoms with van der Waals surface area (Å²) in [5, 5.41) is 3.36. The van der Waals surface area contributed by atoms with E-state index in [1.165, 1.54) is 0 Å². The van der Waals surface area contributed by atoms with E-state index >= 15 is 0 Å². The van der Waals surface area contributed by atoms with Crippen LogP contribution in [-0.2, 0) is 25.5 Å². The summed E-state index contributed by atoms with van der Waals surface area (Å²) in [6.07, 6.45) is -1.08. The fourth-order valence-corrected chi connectivity index (χ4v) is 3.65. The van der Waals surface area contributed by atoms with Crippen LogP contribution in [0.5, 0.6) is 5.75 Å². The summed E-state index contributed by atoms with van der Waals surface area (Å²) >= 11 is 6.24. The summed E-state index contributed by atoms with van der Waals surface area (Å²) in [6.45, 7) is 3.99. The first-order valence-corrected chi connectivity index (χ1v) is 9.93. The van der Waals surface area contributed by atoms with Gasteiger partial charge in [0, 0.05) is 21.8 Å². The number of rotatable bonds is 6. The largest absolute Gasteiger partial charge is 0.496 e. The molecule has 7 heteroatoms. The van der Waals surface area contributed by atoms with Crippen LogP contribution in [0.4, 0.5) is 5.69 Å². The van der Waals surface area contributed by atoms with Crippen LogP contribution in [0.15, 0.2) is 36.4 Å². The van der Waals surface area contributed by atoms with Gasteiger partial charge in [-0.3, -0.25) is 9.59 Å². The second-order valence-corrected chi connectivity index (χ2v) is 7.06. The molecule has 3 rings (SSSR count). The quantitative estimate of drug-likeness (QED) is 0.709. The molecule has 0 spiro atoms. The van der Waals surface area contributed by atoms with Gasteiger partial charge in [-0.05, 0) is 37.1 Å². The number of esters is 1. The summed E-state index contributed by atoms with van der Waals surface area (Å²) < 4.78 is 16.9. The van der Waals surface area contributed by atoms with Crippen molar-refractivity contribution in [2.75, 3.05) is 19.0 Å². The summed E-state index contributed by atoms with van der Waals surface area (Å²) in [5.74, 6) is -0.213. The second-order valence-electron chi connectivity index (χ2n) is 6.63. The van der Waals surface area contributed by atoms with Gasteiger partial charge < -0.3 is 19.5 Å². The van der Waals surface area contributed by atoms with Crippen LogP contribution in [0, 0.1) is 0 Å². The van der Waals surface area contributed by atoms with Gasteiger partial charge in [-0.25, -0.2) is 0 Å². The standard InChI is InChI=1S/C22H24ClNO5/c1-4-13-7-6-8-15(20(13)27-3)21-16-11-14(23)9-10-17(16)24-22(26)18(29-21)12-19(25)28-5-2/h6-11,18,21H,4-5,12H2,1-3H3,(H,24,26)/t18-,21-/m1/s1. The lowest BCUT2D eigenvalue weighted by Crippen LogP contribution is -2.32. The van der Waals surface area contributed by atoms with Gasteiger partial charge in [-0.15, -0.1) is 0 Å². The smallest absolute Gasteiger partial charge is 0.308 e. The molecule has 1 N–H and O–H groups in total. The Morgan fingerprint density at radius 1 is 1.21 bits per heavy atom. The average molecular weight is 418 g/mol. The Morgan fingerprint density at radius 3 is 2.69 bits per heavy atom. The van der Waals surface area contributed by atoms with Gasteiger partial charge in [-0.2, -0.15) is 0 Å². The van der Waals surface area contributed by atoms with E-state index in [9.17, 15) is 9.59 Å². The van der Waals surface area contributed by atoms with Crippen molar-refractivity contribution in [3.05, 3.63) is 58.1 Å². The molecule has 0 unspecified atom stereocenters. The number of para-hydroxylation sites is 1. The minimum absolute atomic E-state index is 0.187. The molecule has 0 saturated carbocycles. The van der Waals surface area contributed by atoms with Crippen molar-refractivity contribution in [3.63, 3.8) is 0 Å². The number of amides is 1. The molecule has 0 fully saturated rings. The van der Waals surface area contributed by atoms with Crippen LogP contribution >= 0.6 is 11.6 Å². The fourth-order valence-electron chi connectivity index (χ4n) is 3.47. The number of carbonyl (C=O) groups excluding carboxylic acids is 2. The number of fused-ring (bicyclic) bond motifs is 1. The van der Waals surface area contributed by atoms with Gasteiger partial charge in [0.2, 0.25) is 0 Å². The zero-order valence-electron chi connectivity index (χ0n) is 16.7. The molecule has 0 aromatic heterocycles. The minimum atomic E-state index is -1.01. The maximum Gasteiger partial charge on any atom is 0.308 e. The first-order chi connectivity index (χ1) is 14.0. The lowest BCUT2D eigenvalue weighted by atomic mass is 9.96. The lowest BCUT2D eigenvalue weighted by Gasteiger charge is -2.24. The number of aryl methyl sites for hydroxylation is 1. The SMILES string of the molecule is CCOC(=O)C[C@H]1O[C@H](c2cccc(CC)c2OC)c2cc(Cl)ccc2NC1=O. The van der Waals surface area contributed by atoms with Crippen LogP contribution in [0.1, 0.15) is 43.1 Å². The van der Waals surface area contributed by atoms with Crippen LogP contribution in [-0.4, -0.2) is 31.7 Å². The van der Waals surface area contributed by atoms with Gasteiger partial charge in [-0.1, -0.05) is 36.7 Å². The van der Waals surface area contributed by atoms with E-state index in [1.807, 2.05) is 25.1 Å². The number of hydrogen-bond acceptors (Lipinski definition) is 5. The Morgan fingerprint density at radius 2 is 2.00 bits per heavy atom. The van der Waals surface area contributed by atoms with Gasteiger partial charge in [0.05, 0.1) is 20.1 Å². The zero-order chi connectivity index (χ0) is 21.0. The number of carbonyl (C=O) groups is 2. The first kappa shape index (κ1) is 21.1. The minimum Gasteiger partial charge on any atom is -0.496 e. The number of nitrogens with one attached hydrogen (secondary N) is 1. The molecule has 29 heavy (non-hydrogen) atoms. The molecule has 0 aliphatic carbocycles. The van der Waals surface area contributed by atoms with Crippen LogP contribution in [0.2, 0.25) is 5.02 Å². The maximum absolute atomic E-state index is 12.7. The monoisotopic (exact) mass is 417 g/mol. The van der Waals surface area contributed by atoms with Crippen molar-refractivity contribution in [2.45, 2.75) is 38.9 Å². The third-order valence-corrected chi connectivity index (χ3v) is 5.03. The van der Waals surface area contributed by atoms with Crippen molar-refractivity contribution < 1.29 is 23.8 Å². The molecule has 1 aliphatic heterocycles. The average Bonchev–Trinajstić information content (AvgIpc) is 2.84. The number of methoxy groups -OCH3 is 1. The topological polar surface area (TPSA) is 73.9 Å². The molecule has 2 aromatic carbocycles. The van der Waals surface area contributed by atoms with Crippen molar-refractivity contribution in [3.8, 4) is 5.75 Å². The Labute approximate surface area is 175 Å². The van der Waals surface area contributed by atoms with E-state index in [4.69, 9.17) is 25.8 Å². The molecule has 0 bridgehead atoms. The zero-order valence-corrected chi connectivity index (χ0v) is 17.4. The molecular weight excluding hydrogens is 394 g/mol. The van der Waals surface area contributed by atoms with Crippen molar-refractivity contribution in [1.29, 1.82) is 0 Å². The van der Waals surface area contributed by atoms with E-state index in [-0.39, 0.29) is 13.0 Å². The molecule has 1 heterocycles. The van der Waals surface area contributed by atoms with Crippen molar-refractivity contribution >= 4 is 29.2 Å². The number of hydrogen-bond donors (Lipinski definition) is 1. The van der Waals surface area contributed by atoms with Crippen molar-refractivity contribution in [2.24, 2.45) is 0 Å². The summed E-state index contributed by atoms with van der Waals surface area (Å²) in [6, 6.07) is 11.0. The van der Waals surface area contributed by atoms with Crippen LogP contribution < -0.4 is 10.1 Å². The molecule has 0 saturated heterocycles. The molecule has 6 nitrogen and oxygen atoms in total. The third-order valence-electron chi connectivity index (χ3n) is 4.80. The highest BCUT2D eigenvalue weighted by molar-refractivity contribution is 6.30. The highest BCUT2D eigenvalue weighted by atomic mass is 35.5. The van der Waals surface area contributed by atoms with E-state index in [0.717, 1.165) is 17.5 Å². The molecule has 1 amide bonds. The summed E-state index contributed by atoms with van der Waals surface area (Å²) in [5.41, 5.74) is 3.06. The maximum atomic E-state index is 12.7.